The van der Waals surface area contributed by atoms with Crippen LogP contribution >= 0.6 is 23.4 Å². The van der Waals surface area contributed by atoms with Crippen molar-refractivity contribution in [2.45, 2.75) is 44.3 Å². The zero-order valence-electron chi connectivity index (χ0n) is 25.0. The van der Waals surface area contributed by atoms with E-state index in [9.17, 15) is 9.18 Å². The average Bonchev–Trinajstić information content (AvgIpc) is 3.43. The molecule has 4 aromatic carbocycles. The quantitative estimate of drug-likeness (QED) is 0.157. The number of anilines is 2. The summed E-state index contributed by atoms with van der Waals surface area (Å²) in [7, 11) is 0. The maximum atomic E-state index is 14.3. The average molecular weight is 640 g/mol. The van der Waals surface area contributed by atoms with E-state index < -0.39 is 6.04 Å². The number of amides is 1. The van der Waals surface area contributed by atoms with Gasteiger partial charge >= 0.3 is 0 Å². The number of hydrogen-bond acceptors (Lipinski definition) is 6. The SMILES string of the molecule is CC1=C(C(=O)Nc2ccc(C)cc2C)C(c2cccc(OCc3ccccc3Cl)c2)n2nc(SCc3ccccc3F)nc2N1. The molecule has 0 bridgehead atoms. The van der Waals surface area contributed by atoms with E-state index in [0.29, 0.717) is 44.5 Å². The van der Waals surface area contributed by atoms with Gasteiger partial charge in [0.2, 0.25) is 11.1 Å². The molecule has 0 saturated heterocycles. The predicted molar refractivity (Wildman–Crippen MR) is 177 cm³/mol. The number of nitrogens with zero attached hydrogens (tertiary/aromatic N) is 3. The molecule has 0 aliphatic carbocycles. The summed E-state index contributed by atoms with van der Waals surface area (Å²) in [6.45, 7) is 6.12. The van der Waals surface area contributed by atoms with Gasteiger partial charge in [-0.05, 0) is 67.8 Å². The van der Waals surface area contributed by atoms with Crippen molar-refractivity contribution in [1.29, 1.82) is 0 Å². The summed E-state index contributed by atoms with van der Waals surface area (Å²) in [5.41, 5.74) is 6.15. The highest BCUT2D eigenvalue weighted by atomic mass is 35.5. The molecule has 0 fully saturated rings. The number of allylic oxidation sites excluding steroid dienone is 1. The van der Waals surface area contributed by atoms with Crippen molar-refractivity contribution in [1.82, 2.24) is 14.8 Å². The third-order valence-electron chi connectivity index (χ3n) is 7.55. The Morgan fingerprint density at radius 2 is 1.78 bits per heavy atom. The minimum Gasteiger partial charge on any atom is -0.489 e. The Morgan fingerprint density at radius 1 is 1.00 bits per heavy atom. The Hall–Kier alpha value is -4.60. The lowest BCUT2D eigenvalue weighted by atomic mass is 9.94. The van der Waals surface area contributed by atoms with E-state index in [-0.39, 0.29) is 18.3 Å². The van der Waals surface area contributed by atoms with Crippen LogP contribution in [0.4, 0.5) is 16.0 Å². The second-order valence-corrected chi connectivity index (χ2v) is 12.2. The van der Waals surface area contributed by atoms with E-state index in [1.54, 1.807) is 22.9 Å². The molecule has 10 heteroatoms. The molecule has 2 heterocycles. The smallest absolute Gasteiger partial charge is 0.255 e. The van der Waals surface area contributed by atoms with Crippen molar-refractivity contribution in [2.24, 2.45) is 0 Å². The first kappa shape index (κ1) is 30.4. The molecule has 0 saturated carbocycles. The monoisotopic (exact) mass is 639 g/mol. The third kappa shape index (κ3) is 6.74. The summed E-state index contributed by atoms with van der Waals surface area (Å²) in [6, 6.07) is 27.1. The number of nitrogens with one attached hydrogen (secondary N) is 2. The zero-order valence-corrected chi connectivity index (χ0v) is 26.5. The number of halogens is 2. The van der Waals surface area contributed by atoms with Crippen LogP contribution < -0.4 is 15.4 Å². The Morgan fingerprint density at radius 3 is 2.56 bits per heavy atom. The number of benzene rings is 4. The highest BCUT2D eigenvalue weighted by molar-refractivity contribution is 7.98. The lowest BCUT2D eigenvalue weighted by Crippen LogP contribution is -2.31. The number of carbonyl (C=O) groups excluding carboxylic acids is 1. The number of aromatic nitrogens is 3. The van der Waals surface area contributed by atoms with Gasteiger partial charge in [0.15, 0.2) is 0 Å². The Labute approximate surface area is 270 Å². The molecule has 1 atom stereocenters. The molecular weight excluding hydrogens is 609 g/mol. The fourth-order valence-electron chi connectivity index (χ4n) is 5.25. The van der Waals surface area contributed by atoms with Gasteiger partial charge in [-0.2, -0.15) is 4.98 Å². The van der Waals surface area contributed by atoms with E-state index in [1.165, 1.54) is 17.8 Å². The summed E-state index contributed by atoms with van der Waals surface area (Å²) in [5.74, 6) is 0.925. The molecule has 0 spiro atoms. The van der Waals surface area contributed by atoms with Crippen LogP contribution in [-0.4, -0.2) is 20.7 Å². The molecule has 228 valence electrons. The second-order valence-electron chi connectivity index (χ2n) is 10.8. The van der Waals surface area contributed by atoms with E-state index in [0.717, 1.165) is 27.9 Å². The minimum absolute atomic E-state index is 0.263. The molecule has 1 aliphatic rings. The number of thioether (sulfide) groups is 1. The Kier molecular flexibility index (Phi) is 8.91. The molecule has 1 aliphatic heterocycles. The minimum atomic E-state index is -0.619. The summed E-state index contributed by atoms with van der Waals surface area (Å²) in [4.78, 5) is 18.7. The standard InChI is InChI=1S/C35H31ClFN5O2S/c1-21-15-16-30(22(2)17-21)39-33(43)31-23(3)38-34-40-35(45-20-26-10-5-7-14-29(26)37)41-42(34)32(31)24-11-8-12-27(18-24)44-19-25-9-4-6-13-28(25)36/h4-18,32H,19-20H2,1-3H3,(H,39,43)(H,38,40,41). The van der Waals surface area contributed by atoms with Crippen molar-refractivity contribution < 1.29 is 13.9 Å². The molecule has 7 nitrogen and oxygen atoms in total. The van der Waals surface area contributed by atoms with Gasteiger partial charge in [-0.1, -0.05) is 89.6 Å². The lowest BCUT2D eigenvalue weighted by Gasteiger charge is -2.29. The highest BCUT2D eigenvalue weighted by Gasteiger charge is 2.35. The fourth-order valence-corrected chi connectivity index (χ4v) is 6.25. The summed E-state index contributed by atoms with van der Waals surface area (Å²) in [5, 5.41) is 12.3. The first-order valence-corrected chi connectivity index (χ1v) is 15.8. The van der Waals surface area contributed by atoms with Gasteiger partial charge in [0.05, 0.1) is 5.57 Å². The van der Waals surface area contributed by atoms with E-state index in [2.05, 4.69) is 10.6 Å². The van der Waals surface area contributed by atoms with E-state index in [1.807, 2.05) is 87.5 Å². The number of aryl methyl sites for hydroxylation is 2. The molecule has 1 unspecified atom stereocenters. The van der Waals surface area contributed by atoms with Gasteiger partial charge in [-0.15, -0.1) is 5.10 Å². The predicted octanol–water partition coefficient (Wildman–Crippen LogP) is 8.49. The van der Waals surface area contributed by atoms with Crippen LogP contribution in [0.25, 0.3) is 0 Å². The Balaban J connectivity index is 1.34. The van der Waals surface area contributed by atoms with E-state index >= 15 is 0 Å². The maximum Gasteiger partial charge on any atom is 0.255 e. The van der Waals surface area contributed by atoms with E-state index in [4.69, 9.17) is 26.4 Å². The van der Waals surface area contributed by atoms with Gasteiger partial charge < -0.3 is 15.4 Å². The molecule has 1 amide bonds. The van der Waals surface area contributed by atoms with Gasteiger partial charge in [0.1, 0.15) is 24.2 Å². The first-order valence-electron chi connectivity index (χ1n) is 14.4. The van der Waals surface area contributed by atoms with Gasteiger partial charge in [-0.25, -0.2) is 9.07 Å². The second kappa shape index (κ2) is 13.2. The van der Waals surface area contributed by atoms with Gasteiger partial charge in [0.25, 0.3) is 5.91 Å². The molecule has 2 N–H and O–H groups in total. The van der Waals surface area contributed by atoms with Crippen molar-refractivity contribution in [3.8, 4) is 5.75 Å². The van der Waals surface area contributed by atoms with Crippen LogP contribution in [0.1, 0.15) is 40.8 Å². The maximum absolute atomic E-state index is 14.3. The lowest BCUT2D eigenvalue weighted by molar-refractivity contribution is -0.113. The van der Waals surface area contributed by atoms with Gasteiger partial charge in [-0.3, -0.25) is 4.79 Å². The fraction of sp³-hybridized carbons (Fsp3) is 0.171. The van der Waals surface area contributed by atoms with Crippen LogP contribution in [0.5, 0.6) is 5.75 Å². The highest BCUT2D eigenvalue weighted by Crippen LogP contribution is 2.38. The number of carbonyl (C=O) groups is 1. The van der Waals surface area contributed by atoms with Crippen molar-refractivity contribution in [2.75, 3.05) is 10.6 Å². The molecule has 0 radical (unpaired) electrons. The summed E-state index contributed by atoms with van der Waals surface area (Å²) < 4.78 is 22.2. The van der Waals surface area contributed by atoms with Crippen molar-refractivity contribution >= 4 is 40.9 Å². The summed E-state index contributed by atoms with van der Waals surface area (Å²) >= 11 is 7.68. The molecule has 6 rings (SSSR count). The van der Waals surface area contributed by atoms with Crippen molar-refractivity contribution in [3.05, 3.63) is 141 Å². The zero-order chi connectivity index (χ0) is 31.5. The molecule has 5 aromatic rings. The Bertz CT molecular complexity index is 1920. The molecule has 45 heavy (non-hydrogen) atoms. The van der Waals surface area contributed by atoms with Crippen LogP contribution in [0.3, 0.4) is 0 Å². The van der Waals surface area contributed by atoms with Gasteiger partial charge in [0, 0.05) is 27.7 Å². The van der Waals surface area contributed by atoms with Crippen LogP contribution in [-0.2, 0) is 17.2 Å². The molecular formula is C35H31ClFN5O2S. The number of fused-ring (bicyclic) bond motifs is 1. The largest absolute Gasteiger partial charge is 0.489 e. The summed E-state index contributed by atoms with van der Waals surface area (Å²) in [6.07, 6.45) is 0. The third-order valence-corrected chi connectivity index (χ3v) is 8.80. The number of ether oxygens (including phenoxy) is 1. The topological polar surface area (TPSA) is 81.1 Å². The van der Waals surface area contributed by atoms with Crippen LogP contribution in [0.15, 0.2) is 107 Å². The first-order chi connectivity index (χ1) is 21.8. The van der Waals surface area contributed by atoms with Crippen LogP contribution in [0.2, 0.25) is 5.02 Å². The molecule has 1 aromatic heterocycles. The van der Waals surface area contributed by atoms with Crippen LogP contribution in [0, 0.1) is 19.7 Å². The van der Waals surface area contributed by atoms with Crippen molar-refractivity contribution in [3.63, 3.8) is 0 Å². The number of rotatable bonds is 9. The number of hydrogen-bond donors (Lipinski definition) is 2. The normalized spacial score (nSPS) is 14.1.